The molecule has 0 fully saturated rings. The molecule has 1 aromatic carbocycles. The predicted octanol–water partition coefficient (Wildman–Crippen LogP) is 1.31. The van der Waals surface area contributed by atoms with Gasteiger partial charge in [0.05, 0.1) is 6.61 Å². The van der Waals surface area contributed by atoms with E-state index in [1.807, 2.05) is 24.3 Å². The molecule has 4 heteroatoms. The summed E-state index contributed by atoms with van der Waals surface area (Å²) in [5.74, 6) is 0.124. The maximum Gasteiger partial charge on any atom is 0.223 e. The van der Waals surface area contributed by atoms with Crippen molar-refractivity contribution in [1.82, 2.24) is 10.2 Å². The van der Waals surface area contributed by atoms with E-state index in [1.165, 1.54) is 0 Å². The van der Waals surface area contributed by atoms with Crippen LogP contribution in [-0.2, 0) is 11.4 Å². The molecule has 0 aliphatic carbocycles. The highest BCUT2D eigenvalue weighted by atomic mass is 16.3. The molecule has 4 nitrogen and oxygen atoms in total. The second-order valence-corrected chi connectivity index (χ2v) is 4.62. The van der Waals surface area contributed by atoms with Crippen molar-refractivity contribution in [2.45, 2.75) is 26.0 Å². The van der Waals surface area contributed by atoms with E-state index in [0.29, 0.717) is 13.0 Å². The zero-order valence-corrected chi connectivity index (χ0v) is 11.3. The van der Waals surface area contributed by atoms with Crippen molar-refractivity contribution in [1.29, 1.82) is 0 Å². The average molecular weight is 250 g/mol. The highest BCUT2D eigenvalue weighted by Crippen LogP contribution is 2.14. The van der Waals surface area contributed by atoms with E-state index in [2.05, 4.69) is 12.2 Å². The van der Waals surface area contributed by atoms with Crippen molar-refractivity contribution < 1.29 is 9.90 Å². The van der Waals surface area contributed by atoms with Crippen LogP contribution in [0, 0.1) is 0 Å². The van der Waals surface area contributed by atoms with Crippen LogP contribution in [0.25, 0.3) is 0 Å². The van der Waals surface area contributed by atoms with Crippen LogP contribution < -0.4 is 5.32 Å². The van der Waals surface area contributed by atoms with Crippen LogP contribution in [0.1, 0.15) is 30.5 Å². The second kappa shape index (κ2) is 7.13. The van der Waals surface area contributed by atoms with Crippen molar-refractivity contribution >= 4 is 5.91 Å². The Kier molecular flexibility index (Phi) is 5.82. The monoisotopic (exact) mass is 250 g/mol. The minimum absolute atomic E-state index is 0.0552. The number of amides is 1. The molecule has 0 aliphatic rings. The van der Waals surface area contributed by atoms with Crippen molar-refractivity contribution in [3.05, 3.63) is 35.4 Å². The van der Waals surface area contributed by atoms with Crippen LogP contribution in [0.15, 0.2) is 24.3 Å². The molecule has 18 heavy (non-hydrogen) atoms. The summed E-state index contributed by atoms with van der Waals surface area (Å²) in [7, 11) is 3.52. The number of nitrogens with one attached hydrogen (secondary N) is 1. The molecule has 0 bridgehead atoms. The number of carbonyl (C=O) groups is 1. The maximum atomic E-state index is 11.4. The van der Waals surface area contributed by atoms with Gasteiger partial charge in [0.2, 0.25) is 5.91 Å². The summed E-state index contributed by atoms with van der Waals surface area (Å²) < 4.78 is 0. The third kappa shape index (κ3) is 4.47. The zero-order chi connectivity index (χ0) is 13.5. The SMILES string of the molecule is CC(NCCC(=O)N(C)C)c1cccc(CO)c1. The number of hydrogen-bond donors (Lipinski definition) is 2. The Balaban J connectivity index is 2.45. The first-order valence-corrected chi connectivity index (χ1v) is 6.18. The van der Waals surface area contributed by atoms with E-state index in [-0.39, 0.29) is 18.6 Å². The number of rotatable bonds is 6. The lowest BCUT2D eigenvalue weighted by atomic mass is 10.1. The standard InChI is InChI=1S/C14H22N2O2/c1-11(15-8-7-14(18)16(2)3)13-6-4-5-12(9-13)10-17/h4-6,9,11,15,17H,7-8,10H2,1-3H3. The predicted molar refractivity (Wildman–Crippen MR) is 72.1 cm³/mol. The molecule has 1 amide bonds. The molecular formula is C14H22N2O2. The summed E-state index contributed by atoms with van der Waals surface area (Å²) in [5, 5.41) is 12.4. The summed E-state index contributed by atoms with van der Waals surface area (Å²) >= 11 is 0. The van der Waals surface area contributed by atoms with Crippen LogP contribution in [0.3, 0.4) is 0 Å². The van der Waals surface area contributed by atoms with Gasteiger partial charge in [-0.3, -0.25) is 4.79 Å². The van der Waals surface area contributed by atoms with E-state index in [1.54, 1.807) is 19.0 Å². The fraction of sp³-hybridized carbons (Fsp3) is 0.500. The fourth-order valence-corrected chi connectivity index (χ4v) is 1.70. The lowest BCUT2D eigenvalue weighted by Gasteiger charge is -2.16. The quantitative estimate of drug-likeness (QED) is 0.800. The molecule has 2 N–H and O–H groups in total. The maximum absolute atomic E-state index is 11.4. The van der Waals surface area contributed by atoms with Crippen molar-refractivity contribution in [2.75, 3.05) is 20.6 Å². The van der Waals surface area contributed by atoms with Gasteiger partial charge >= 0.3 is 0 Å². The minimum atomic E-state index is 0.0552. The molecule has 1 rings (SSSR count). The van der Waals surface area contributed by atoms with E-state index in [0.717, 1.165) is 11.1 Å². The van der Waals surface area contributed by atoms with Gasteiger partial charge in [-0.25, -0.2) is 0 Å². The van der Waals surface area contributed by atoms with Gasteiger partial charge in [-0.05, 0) is 18.1 Å². The Morgan fingerprint density at radius 2 is 2.17 bits per heavy atom. The fourth-order valence-electron chi connectivity index (χ4n) is 1.70. The molecule has 1 unspecified atom stereocenters. The van der Waals surface area contributed by atoms with Crippen molar-refractivity contribution in [3.8, 4) is 0 Å². The number of aliphatic hydroxyl groups is 1. The summed E-state index contributed by atoms with van der Waals surface area (Å²) in [6.07, 6.45) is 0.497. The smallest absolute Gasteiger partial charge is 0.223 e. The molecule has 0 saturated heterocycles. The number of aliphatic hydroxyl groups excluding tert-OH is 1. The van der Waals surface area contributed by atoms with Gasteiger partial charge in [0.1, 0.15) is 0 Å². The third-order valence-corrected chi connectivity index (χ3v) is 2.92. The third-order valence-electron chi connectivity index (χ3n) is 2.92. The Morgan fingerprint density at radius 1 is 1.44 bits per heavy atom. The average Bonchev–Trinajstić information content (AvgIpc) is 2.38. The molecule has 0 aromatic heterocycles. The molecule has 0 spiro atoms. The lowest BCUT2D eigenvalue weighted by Crippen LogP contribution is -2.28. The topological polar surface area (TPSA) is 52.6 Å². The summed E-state index contributed by atoms with van der Waals surface area (Å²) in [6, 6.07) is 8.00. The first-order chi connectivity index (χ1) is 8.54. The molecule has 1 aromatic rings. The number of hydrogen-bond acceptors (Lipinski definition) is 3. The molecular weight excluding hydrogens is 228 g/mol. The largest absolute Gasteiger partial charge is 0.392 e. The van der Waals surface area contributed by atoms with Crippen LogP contribution in [0.2, 0.25) is 0 Å². The van der Waals surface area contributed by atoms with Gasteiger partial charge in [0.15, 0.2) is 0 Å². The molecule has 0 radical (unpaired) electrons. The van der Waals surface area contributed by atoms with E-state index < -0.39 is 0 Å². The minimum Gasteiger partial charge on any atom is -0.392 e. The Hall–Kier alpha value is -1.39. The van der Waals surface area contributed by atoms with E-state index in [4.69, 9.17) is 5.11 Å². The zero-order valence-electron chi connectivity index (χ0n) is 11.3. The first-order valence-electron chi connectivity index (χ1n) is 6.18. The molecule has 0 saturated carbocycles. The first kappa shape index (κ1) is 14.7. The van der Waals surface area contributed by atoms with Gasteiger partial charge in [0.25, 0.3) is 0 Å². The summed E-state index contributed by atoms with van der Waals surface area (Å²) in [5.41, 5.74) is 2.03. The van der Waals surface area contributed by atoms with Gasteiger partial charge in [-0.1, -0.05) is 24.3 Å². The Bertz CT molecular complexity index is 391. The number of carbonyl (C=O) groups excluding carboxylic acids is 1. The highest BCUT2D eigenvalue weighted by Gasteiger charge is 2.07. The van der Waals surface area contributed by atoms with Crippen molar-refractivity contribution in [3.63, 3.8) is 0 Å². The number of nitrogens with zero attached hydrogens (tertiary/aromatic N) is 1. The van der Waals surface area contributed by atoms with Gasteiger partial charge in [-0.15, -0.1) is 0 Å². The van der Waals surface area contributed by atoms with Gasteiger partial charge < -0.3 is 15.3 Å². The normalized spacial score (nSPS) is 12.2. The van der Waals surface area contributed by atoms with E-state index >= 15 is 0 Å². The van der Waals surface area contributed by atoms with Gasteiger partial charge in [-0.2, -0.15) is 0 Å². The second-order valence-electron chi connectivity index (χ2n) is 4.62. The Morgan fingerprint density at radius 3 is 2.78 bits per heavy atom. The van der Waals surface area contributed by atoms with Crippen LogP contribution in [0.5, 0.6) is 0 Å². The lowest BCUT2D eigenvalue weighted by molar-refractivity contribution is -0.128. The summed E-state index contributed by atoms with van der Waals surface area (Å²) in [4.78, 5) is 13.0. The number of benzene rings is 1. The summed E-state index contributed by atoms with van der Waals surface area (Å²) in [6.45, 7) is 2.76. The van der Waals surface area contributed by atoms with E-state index in [9.17, 15) is 4.79 Å². The van der Waals surface area contributed by atoms with Crippen LogP contribution in [0.4, 0.5) is 0 Å². The molecule has 0 heterocycles. The molecule has 0 aliphatic heterocycles. The Labute approximate surface area is 109 Å². The van der Waals surface area contributed by atoms with Gasteiger partial charge in [0, 0.05) is 33.1 Å². The molecule has 1 atom stereocenters. The molecule has 100 valence electrons. The van der Waals surface area contributed by atoms with Crippen LogP contribution in [-0.4, -0.2) is 36.6 Å². The highest BCUT2D eigenvalue weighted by molar-refractivity contribution is 5.75. The van der Waals surface area contributed by atoms with Crippen molar-refractivity contribution in [2.24, 2.45) is 0 Å². The van der Waals surface area contributed by atoms with Crippen LogP contribution >= 0.6 is 0 Å².